The standard InChI is InChI=1S/C22H29ClN4O/c1-24-22(25-11-10-18-6-4-5-9-21(18)23)26-16-19-7-2-3-8-20(19)17-27-12-14-28-15-13-27/h2-9H,10-17H2,1H3,(H2,24,25,26). The Balaban J connectivity index is 1.50. The predicted octanol–water partition coefficient (Wildman–Crippen LogP) is 3.08. The molecule has 0 saturated carbocycles. The molecule has 1 saturated heterocycles. The van der Waals surface area contributed by atoms with Crippen LogP contribution in [0.1, 0.15) is 16.7 Å². The molecule has 0 aromatic heterocycles. The first-order valence-electron chi connectivity index (χ1n) is 9.81. The summed E-state index contributed by atoms with van der Waals surface area (Å²) in [5, 5.41) is 7.61. The van der Waals surface area contributed by atoms with E-state index in [1.54, 1.807) is 7.05 Å². The second-order valence-corrected chi connectivity index (χ2v) is 7.26. The van der Waals surface area contributed by atoms with E-state index in [0.717, 1.165) is 68.9 Å². The number of benzene rings is 2. The highest BCUT2D eigenvalue weighted by atomic mass is 35.5. The van der Waals surface area contributed by atoms with Gasteiger partial charge in [0.05, 0.1) is 13.2 Å². The van der Waals surface area contributed by atoms with Gasteiger partial charge in [-0.05, 0) is 29.2 Å². The largest absolute Gasteiger partial charge is 0.379 e. The van der Waals surface area contributed by atoms with Gasteiger partial charge in [0.15, 0.2) is 5.96 Å². The van der Waals surface area contributed by atoms with Crippen LogP contribution in [0.2, 0.25) is 5.02 Å². The van der Waals surface area contributed by atoms with Crippen molar-refractivity contribution in [3.8, 4) is 0 Å². The third kappa shape index (κ3) is 6.23. The van der Waals surface area contributed by atoms with Crippen LogP contribution in [-0.2, 0) is 24.2 Å². The molecular weight excluding hydrogens is 372 g/mol. The molecule has 2 aromatic carbocycles. The van der Waals surface area contributed by atoms with Crippen molar-refractivity contribution in [1.82, 2.24) is 15.5 Å². The Morgan fingerprint density at radius 3 is 2.39 bits per heavy atom. The van der Waals surface area contributed by atoms with Crippen molar-refractivity contribution in [2.24, 2.45) is 4.99 Å². The van der Waals surface area contributed by atoms with Crippen LogP contribution in [0.3, 0.4) is 0 Å². The van der Waals surface area contributed by atoms with Gasteiger partial charge in [-0.1, -0.05) is 54.1 Å². The van der Waals surface area contributed by atoms with Gasteiger partial charge in [-0.15, -0.1) is 0 Å². The highest BCUT2D eigenvalue weighted by Gasteiger charge is 2.12. The van der Waals surface area contributed by atoms with Gasteiger partial charge < -0.3 is 15.4 Å². The van der Waals surface area contributed by atoms with Crippen LogP contribution in [-0.4, -0.2) is 50.8 Å². The molecule has 0 radical (unpaired) electrons. The van der Waals surface area contributed by atoms with Crippen molar-refractivity contribution in [1.29, 1.82) is 0 Å². The Bertz CT molecular complexity index is 775. The first-order chi connectivity index (χ1) is 13.8. The maximum Gasteiger partial charge on any atom is 0.191 e. The van der Waals surface area contributed by atoms with Crippen molar-refractivity contribution in [3.63, 3.8) is 0 Å². The van der Waals surface area contributed by atoms with Crippen molar-refractivity contribution < 1.29 is 4.74 Å². The van der Waals surface area contributed by atoms with Gasteiger partial charge >= 0.3 is 0 Å². The number of ether oxygens (including phenoxy) is 1. The van der Waals surface area contributed by atoms with Crippen LogP contribution >= 0.6 is 11.6 Å². The van der Waals surface area contributed by atoms with E-state index < -0.39 is 0 Å². The molecule has 0 atom stereocenters. The second kappa shape index (κ2) is 11.1. The lowest BCUT2D eigenvalue weighted by molar-refractivity contribution is 0.0341. The fourth-order valence-corrected chi connectivity index (χ4v) is 3.53. The number of morpholine rings is 1. The van der Waals surface area contributed by atoms with Crippen molar-refractivity contribution in [3.05, 3.63) is 70.2 Å². The molecule has 2 N–H and O–H groups in total. The third-order valence-corrected chi connectivity index (χ3v) is 5.30. The van der Waals surface area contributed by atoms with E-state index in [1.165, 1.54) is 11.1 Å². The zero-order chi connectivity index (χ0) is 19.6. The van der Waals surface area contributed by atoms with Gasteiger partial charge in [0.1, 0.15) is 0 Å². The van der Waals surface area contributed by atoms with Crippen LogP contribution < -0.4 is 10.6 Å². The van der Waals surface area contributed by atoms with Gasteiger partial charge in [0, 0.05) is 44.8 Å². The molecule has 0 aliphatic carbocycles. The summed E-state index contributed by atoms with van der Waals surface area (Å²) in [7, 11) is 1.80. The Hall–Kier alpha value is -2.08. The van der Waals surface area contributed by atoms with Gasteiger partial charge in [-0.2, -0.15) is 0 Å². The summed E-state index contributed by atoms with van der Waals surface area (Å²) in [5.41, 5.74) is 3.79. The summed E-state index contributed by atoms with van der Waals surface area (Å²) < 4.78 is 5.45. The molecule has 5 nitrogen and oxygen atoms in total. The van der Waals surface area contributed by atoms with Crippen molar-refractivity contribution in [2.45, 2.75) is 19.5 Å². The lowest BCUT2D eigenvalue weighted by atomic mass is 10.1. The average molecular weight is 401 g/mol. The number of hydrogen-bond acceptors (Lipinski definition) is 3. The lowest BCUT2D eigenvalue weighted by Gasteiger charge is -2.27. The van der Waals surface area contributed by atoms with Crippen molar-refractivity contribution >= 4 is 17.6 Å². The zero-order valence-corrected chi connectivity index (χ0v) is 17.2. The molecule has 28 heavy (non-hydrogen) atoms. The minimum absolute atomic E-state index is 0.742. The Morgan fingerprint density at radius 1 is 1.00 bits per heavy atom. The van der Waals surface area contributed by atoms with Crippen molar-refractivity contribution in [2.75, 3.05) is 39.9 Å². The number of halogens is 1. The van der Waals surface area contributed by atoms with Crippen LogP contribution in [0, 0.1) is 0 Å². The van der Waals surface area contributed by atoms with Gasteiger partial charge in [-0.3, -0.25) is 9.89 Å². The SMILES string of the molecule is CN=C(NCCc1ccccc1Cl)NCc1ccccc1CN1CCOCC1. The Kier molecular flexibility index (Phi) is 8.15. The number of nitrogens with one attached hydrogen (secondary N) is 2. The normalized spacial score (nSPS) is 15.4. The molecule has 150 valence electrons. The van der Waals surface area contributed by atoms with Gasteiger partial charge in [-0.25, -0.2) is 0 Å². The lowest BCUT2D eigenvalue weighted by Crippen LogP contribution is -2.38. The van der Waals surface area contributed by atoms with Crippen LogP contribution in [0.15, 0.2) is 53.5 Å². The third-order valence-electron chi connectivity index (χ3n) is 4.93. The van der Waals surface area contributed by atoms with E-state index in [-0.39, 0.29) is 0 Å². The first-order valence-corrected chi connectivity index (χ1v) is 10.2. The summed E-state index contributed by atoms with van der Waals surface area (Å²) in [5.74, 6) is 0.799. The number of aliphatic imine (C=N–C) groups is 1. The van der Waals surface area contributed by atoms with E-state index in [9.17, 15) is 0 Å². The van der Waals surface area contributed by atoms with E-state index >= 15 is 0 Å². The minimum atomic E-state index is 0.742. The molecule has 3 rings (SSSR count). The average Bonchev–Trinajstić information content (AvgIpc) is 2.73. The van der Waals surface area contributed by atoms with Crippen LogP contribution in [0.4, 0.5) is 0 Å². The molecule has 1 aliphatic heterocycles. The van der Waals surface area contributed by atoms with E-state index in [0.29, 0.717) is 0 Å². The molecule has 1 heterocycles. The van der Waals surface area contributed by atoms with E-state index in [1.807, 2.05) is 18.2 Å². The molecule has 1 fully saturated rings. The Morgan fingerprint density at radius 2 is 1.68 bits per heavy atom. The molecule has 0 spiro atoms. The molecule has 0 bridgehead atoms. The summed E-state index contributed by atoms with van der Waals surface area (Å²) in [6, 6.07) is 16.5. The molecule has 6 heteroatoms. The smallest absolute Gasteiger partial charge is 0.191 e. The number of hydrogen-bond donors (Lipinski definition) is 2. The number of rotatable bonds is 7. The predicted molar refractivity (Wildman–Crippen MR) is 116 cm³/mol. The summed E-state index contributed by atoms with van der Waals surface area (Å²) in [4.78, 5) is 6.78. The van der Waals surface area contributed by atoms with Crippen LogP contribution in [0.5, 0.6) is 0 Å². The Labute approximate surface area is 172 Å². The maximum absolute atomic E-state index is 6.23. The van der Waals surface area contributed by atoms with E-state index in [4.69, 9.17) is 16.3 Å². The topological polar surface area (TPSA) is 48.9 Å². The van der Waals surface area contributed by atoms with E-state index in [2.05, 4.69) is 50.9 Å². The fraction of sp³-hybridized carbons (Fsp3) is 0.409. The highest BCUT2D eigenvalue weighted by molar-refractivity contribution is 6.31. The molecule has 1 aliphatic rings. The second-order valence-electron chi connectivity index (χ2n) is 6.85. The van der Waals surface area contributed by atoms with Gasteiger partial charge in [0.2, 0.25) is 0 Å². The maximum atomic E-state index is 6.23. The monoisotopic (exact) mass is 400 g/mol. The molecule has 0 unspecified atom stereocenters. The molecule has 2 aromatic rings. The fourth-order valence-electron chi connectivity index (χ4n) is 3.30. The summed E-state index contributed by atoms with van der Waals surface area (Å²) in [6.07, 6.45) is 0.855. The summed E-state index contributed by atoms with van der Waals surface area (Å²) in [6.45, 7) is 6.11. The minimum Gasteiger partial charge on any atom is -0.379 e. The first kappa shape index (κ1) is 20.6. The number of guanidine groups is 1. The number of nitrogens with zero attached hydrogens (tertiary/aromatic N) is 2. The summed E-state index contributed by atoms with van der Waals surface area (Å²) >= 11 is 6.23. The molecular formula is C22H29ClN4O. The highest BCUT2D eigenvalue weighted by Crippen LogP contribution is 2.15. The van der Waals surface area contributed by atoms with Crippen LogP contribution in [0.25, 0.3) is 0 Å². The zero-order valence-electron chi connectivity index (χ0n) is 16.5. The quantitative estimate of drug-likeness (QED) is 0.554. The van der Waals surface area contributed by atoms with Gasteiger partial charge in [0.25, 0.3) is 0 Å². The molecule has 0 amide bonds.